The number of amides is 1. The van der Waals surface area contributed by atoms with Crippen molar-refractivity contribution in [1.82, 2.24) is 0 Å². The molecular weight excluding hydrogens is 371 g/mol. The van der Waals surface area contributed by atoms with E-state index >= 15 is 0 Å². The smallest absolute Gasteiger partial charge is 0.418 e. The third-order valence-electron chi connectivity index (χ3n) is 5.05. The first-order chi connectivity index (χ1) is 12.9. The van der Waals surface area contributed by atoms with Crippen molar-refractivity contribution in [2.45, 2.75) is 40.8 Å². The van der Waals surface area contributed by atoms with Gasteiger partial charge in [0.05, 0.1) is 16.8 Å². The molecule has 2 aromatic carbocycles. The maximum Gasteiger partial charge on any atom is 0.418 e. The monoisotopic (exact) mass is 393 g/mol. The van der Waals surface area contributed by atoms with Crippen LogP contribution in [0.3, 0.4) is 0 Å². The topological polar surface area (TPSA) is 55.4 Å². The van der Waals surface area contributed by atoms with Crippen LogP contribution < -0.4 is 5.32 Å². The second kappa shape index (κ2) is 8.04. The normalized spacial score (nSPS) is 11.3. The first-order valence-electron chi connectivity index (χ1n) is 8.65. The number of esters is 1. The van der Waals surface area contributed by atoms with Gasteiger partial charge in [0.1, 0.15) is 0 Å². The van der Waals surface area contributed by atoms with Crippen LogP contribution in [0.4, 0.5) is 18.9 Å². The molecule has 0 spiro atoms. The first kappa shape index (κ1) is 21.5. The van der Waals surface area contributed by atoms with Crippen LogP contribution in [0, 0.1) is 34.6 Å². The van der Waals surface area contributed by atoms with Crippen LogP contribution in [-0.4, -0.2) is 18.5 Å². The number of nitrogens with one attached hydrogen (secondary N) is 1. The quantitative estimate of drug-likeness (QED) is 0.740. The van der Waals surface area contributed by atoms with E-state index in [9.17, 15) is 22.8 Å². The lowest BCUT2D eigenvalue weighted by molar-refractivity contribution is -0.137. The molecule has 0 aliphatic carbocycles. The van der Waals surface area contributed by atoms with Crippen molar-refractivity contribution in [3.63, 3.8) is 0 Å². The molecule has 0 saturated heterocycles. The van der Waals surface area contributed by atoms with E-state index in [0.717, 1.165) is 39.9 Å². The van der Waals surface area contributed by atoms with Gasteiger partial charge < -0.3 is 10.1 Å². The van der Waals surface area contributed by atoms with E-state index in [-0.39, 0.29) is 5.69 Å². The molecule has 4 nitrogen and oxygen atoms in total. The molecule has 7 heteroatoms. The molecule has 1 amide bonds. The Kier molecular flexibility index (Phi) is 6.17. The predicted octanol–water partition coefficient (Wildman–Crippen LogP) is 5.04. The minimum absolute atomic E-state index is 0.379. The number of rotatable bonds is 4. The van der Waals surface area contributed by atoms with Crippen LogP contribution in [0.1, 0.15) is 43.7 Å². The van der Waals surface area contributed by atoms with Gasteiger partial charge in [0.2, 0.25) is 0 Å². The first-order valence-corrected chi connectivity index (χ1v) is 8.65. The summed E-state index contributed by atoms with van der Waals surface area (Å²) in [6.45, 7) is 8.67. The van der Waals surface area contributed by atoms with E-state index in [2.05, 4.69) is 5.32 Å². The number of halogens is 3. The standard InChI is InChI=1S/C21H22F3NO3/c1-11-12(2)14(4)19(15(5)13(11)3)20(27)28-10-18(26)25-17-9-7-6-8-16(17)21(22,23)24/h6-9H,10H2,1-5H3,(H,25,26). The zero-order valence-electron chi connectivity index (χ0n) is 16.4. The highest BCUT2D eigenvalue weighted by atomic mass is 19.4. The molecule has 28 heavy (non-hydrogen) atoms. The highest BCUT2D eigenvalue weighted by Crippen LogP contribution is 2.34. The van der Waals surface area contributed by atoms with Gasteiger partial charge in [-0.2, -0.15) is 13.2 Å². The SMILES string of the molecule is Cc1c(C)c(C)c(C(=O)OCC(=O)Nc2ccccc2C(F)(F)F)c(C)c1C. The summed E-state index contributed by atoms with van der Waals surface area (Å²) in [6, 6.07) is 4.61. The zero-order chi connectivity index (χ0) is 21.2. The lowest BCUT2D eigenvalue weighted by Crippen LogP contribution is -2.23. The van der Waals surface area contributed by atoms with E-state index in [1.807, 2.05) is 20.8 Å². The van der Waals surface area contributed by atoms with Gasteiger partial charge in [0, 0.05) is 0 Å². The molecule has 0 aromatic heterocycles. The summed E-state index contributed by atoms with van der Waals surface area (Å²) < 4.78 is 44.1. The molecule has 0 radical (unpaired) electrons. The maximum atomic E-state index is 13.0. The molecule has 0 bridgehead atoms. The Labute approximate surface area is 161 Å². The summed E-state index contributed by atoms with van der Waals surface area (Å²) in [4.78, 5) is 24.5. The molecule has 1 N–H and O–H groups in total. The van der Waals surface area contributed by atoms with E-state index in [1.54, 1.807) is 13.8 Å². The van der Waals surface area contributed by atoms with E-state index < -0.39 is 30.2 Å². The second-order valence-electron chi connectivity index (χ2n) is 6.67. The molecule has 150 valence electrons. The Morgan fingerprint density at radius 2 is 1.39 bits per heavy atom. The molecule has 0 saturated carbocycles. The zero-order valence-corrected chi connectivity index (χ0v) is 16.4. The number of benzene rings is 2. The van der Waals surface area contributed by atoms with E-state index in [4.69, 9.17) is 4.74 Å². The molecule has 0 aliphatic heterocycles. The van der Waals surface area contributed by atoms with Gasteiger partial charge in [-0.3, -0.25) is 4.79 Å². The van der Waals surface area contributed by atoms with Gasteiger partial charge >= 0.3 is 12.1 Å². The van der Waals surface area contributed by atoms with Crippen molar-refractivity contribution < 1.29 is 27.5 Å². The summed E-state index contributed by atoms with van der Waals surface area (Å²) in [6.07, 6.45) is -4.61. The maximum absolute atomic E-state index is 13.0. The number of ether oxygens (including phenoxy) is 1. The summed E-state index contributed by atoms with van der Waals surface area (Å²) in [5.74, 6) is -1.53. The minimum atomic E-state index is -4.61. The van der Waals surface area contributed by atoms with Crippen LogP contribution in [-0.2, 0) is 15.7 Å². The Balaban J connectivity index is 2.14. The van der Waals surface area contributed by atoms with E-state index in [0.29, 0.717) is 5.56 Å². The third kappa shape index (κ3) is 4.35. The van der Waals surface area contributed by atoms with Gasteiger partial charge in [0.15, 0.2) is 6.61 Å². The Morgan fingerprint density at radius 1 is 0.893 bits per heavy atom. The second-order valence-corrected chi connectivity index (χ2v) is 6.67. The van der Waals surface area contributed by atoms with Crippen LogP contribution in [0.25, 0.3) is 0 Å². The van der Waals surface area contributed by atoms with Gasteiger partial charge in [-0.1, -0.05) is 12.1 Å². The van der Waals surface area contributed by atoms with Crippen molar-refractivity contribution in [3.8, 4) is 0 Å². The highest BCUT2D eigenvalue weighted by Gasteiger charge is 2.33. The predicted molar refractivity (Wildman–Crippen MR) is 100 cm³/mol. The third-order valence-corrected chi connectivity index (χ3v) is 5.05. The number of anilines is 1. The molecule has 0 aliphatic rings. The molecule has 2 rings (SSSR count). The molecule has 2 aromatic rings. The van der Waals surface area contributed by atoms with Crippen molar-refractivity contribution in [2.75, 3.05) is 11.9 Å². The average molecular weight is 393 g/mol. The molecule has 0 fully saturated rings. The minimum Gasteiger partial charge on any atom is -0.452 e. The summed E-state index contributed by atoms with van der Waals surface area (Å²) in [7, 11) is 0. The van der Waals surface area contributed by atoms with Gasteiger partial charge in [-0.25, -0.2) is 4.79 Å². The van der Waals surface area contributed by atoms with Crippen molar-refractivity contribution in [1.29, 1.82) is 0 Å². The number of hydrogen-bond acceptors (Lipinski definition) is 3. The summed E-state index contributed by atoms with van der Waals surface area (Å²) in [5, 5.41) is 2.15. The fourth-order valence-electron chi connectivity index (χ4n) is 3.04. The fraction of sp³-hybridized carbons (Fsp3) is 0.333. The average Bonchev–Trinajstić information content (AvgIpc) is 2.63. The Hall–Kier alpha value is -2.83. The number of hydrogen-bond donors (Lipinski definition) is 1. The number of para-hydroxylation sites is 1. The number of carbonyl (C=O) groups excluding carboxylic acids is 2. The Bertz CT molecular complexity index is 904. The largest absolute Gasteiger partial charge is 0.452 e. The Morgan fingerprint density at radius 3 is 1.93 bits per heavy atom. The van der Waals surface area contributed by atoms with Crippen LogP contribution in [0.2, 0.25) is 0 Å². The van der Waals surface area contributed by atoms with Crippen molar-refractivity contribution in [3.05, 3.63) is 63.2 Å². The van der Waals surface area contributed by atoms with Crippen LogP contribution in [0.15, 0.2) is 24.3 Å². The van der Waals surface area contributed by atoms with Crippen molar-refractivity contribution in [2.24, 2.45) is 0 Å². The van der Waals surface area contributed by atoms with Gasteiger partial charge in [-0.05, 0) is 74.6 Å². The highest BCUT2D eigenvalue weighted by molar-refractivity contribution is 5.97. The molecule has 0 heterocycles. The lowest BCUT2D eigenvalue weighted by Gasteiger charge is -2.18. The van der Waals surface area contributed by atoms with Gasteiger partial charge in [-0.15, -0.1) is 0 Å². The van der Waals surface area contributed by atoms with Crippen LogP contribution in [0.5, 0.6) is 0 Å². The summed E-state index contributed by atoms with van der Waals surface area (Å²) >= 11 is 0. The van der Waals surface area contributed by atoms with Gasteiger partial charge in [0.25, 0.3) is 5.91 Å². The number of alkyl halides is 3. The molecule has 0 unspecified atom stereocenters. The van der Waals surface area contributed by atoms with Crippen LogP contribution >= 0.6 is 0 Å². The van der Waals surface area contributed by atoms with Crippen molar-refractivity contribution >= 4 is 17.6 Å². The van der Waals surface area contributed by atoms with E-state index in [1.165, 1.54) is 12.1 Å². The fourth-order valence-corrected chi connectivity index (χ4v) is 3.04. The lowest BCUT2D eigenvalue weighted by atomic mass is 9.90. The summed E-state index contributed by atoms with van der Waals surface area (Å²) in [5.41, 5.74) is 3.53. The number of carbonyl (C=O) groups is 2. The molecular formula is C21H22F3NO3. The molecule has 0 atom stereocenters.